The summed E-state index contributed by atoms with van der Waals surface area (Å²) >= 11 is 0. The molecule has 0 bridgehead atoms. The first-order valence-corrected chi connectivity index (χ1v) is 8.68. The molecule has 1 fully saturated rings. The van der Waals surface area contributed by atoms with Crippen LogP contribution in [0.25, 0.3) is 0 Å². The maximum Gasteiger partial charge on any atom is 0.351 e. The lowest BCUT2D eigenvalue weighted by molar-refractivity contribution is -0.0875. The molecule has 2 heterocycles. The molecule has 0 spiro atoms. The van der Waals surface area contributed by atoms with Crippen molar-refractivity contribution in [3.05, 3.63) is 58.6 Å². The van der Waals surface area contributed by atoms with Gasteiger partial charge >= 0.3 is 5.69 Å². The zero-order valence-corrected chi connectivity index (χ0v) is 15.0. The molecule has 7 nitrogen and oxygen atoms in total. The molecule has 1 aromatic heterocycles. The molecule has 1 saturated heterocycles. The molecule has 26 heavy (non-hydrogen) atoms. The van der Waals surface area contributed by atoms with E-state index in [2.05, 4.69) is 10.3 Å². The highest BCUT2D eigenvalue weighted by molar-refractivity contribution is 6.03. The second kappa shape index (κ2) is 7.01. The van der Waals surface area contributed by atoms with Crippen molar-refractivity contribution < 1.29 is 14.6 Å². The number of aromatic nitrogens is 2. The Kier molecular flexibility index (Phi) is 4.93. The highest BCUT2D eigenvalue weighted by Gasteiger charge is 2.50. The predicted molar refractivity (Wildman–Crippen MR) is 96.9 cm³/mol. The molecule has 1 aliphatic rings. The van der Waals surface area contributed by atoms with Crippen molar-refractivity contribution in [2.75, 3.05) is 5.32 Å². The van der Waals surface area contributed by atoms with E-state index in [0.717, 1.165) is 6.42 Å². The number of carbonyl (C=O) groups is 1. The van der Waals surface area contributed by atoms with Crippen molar-refractivity contribution in [1.29, 1.82) is 0 Å². The Morgan fingerprint density at radius 1 is 1.35 bits per heavy atom. The van der Waals surface area contributed by atoms with Gasteiger partial charge in [0.15, 0.2) is 6.23 Å². The van der Waals surface area contributed by atoms with E-state index in [1.807, 2.05) is 19.9 Å². The van der Waals surface area contributed by atoms with E-state index in [1.54, 1.807) is 31.2 Å². The van der Waals surface area contributed by atoms with Gasteiger partial charge in [0.25, 0.3) is 5.91 Å². The Hall–Kier alpha value is -2.51. The molecule has 0 radical (unpaired) electrons. The molecule has 7 heteroatoms. The zero-order valence-electron chi connectivity index (χ0n) is 15.0. The number of aliphatic hydroxyl groups is 1. The van der Waals surface area contributed by atoms with E-state index >= 15 is 0 Å². The number of rotatable bonds is 4. The van der Waals surface area contributed by atoms with Gasteiger partial charge in [-0.3, -0.25) is 9.36 Å². The predicted octanol–water partition coefficient (Wildman–Crippen LogP) is 2.19. The van der Waals surface area contributed by atoms with Crippen molar-refractivity contribution in [1.82, 2.24) is 9.55 Å². The molecule has 2 N–H and O–H groups in total. The number of benzene rings is 1. The van der Waals surface area contributed by atoms with Gasteiger partial charge in [-0.25, -0.2) is 4.79 Å². The summed E-state index contributed by atoms with van der Waals surface area (Å²) in [5.41, 5.74) is -1.31. The third-order valence-electron chi connectivity index (χ3n) is 5.05. The summed E-state index contributed by atoms with van der Waals surface area (Å²) in [7, 11) is 0. The molecular weight excluding hydrogens is 334 g/mol. The molecule has 0 aliphatic carbocycles. The van der Waals surface area contributed by atoms with E-state index in [-0.39, 0.29) is 23.7 Å². The van der Waals surface area contributed by atoms with Crippen LogP contribution in [0.4, 0.5) is 5.82 Å². The number of nitrogens with zero attached hydrogens (tertiary/aromatic N) is 2. The number of ether oxygens (including phenoxy) is 1. The van der Waals surface area contributed by atoms with Crippen molar-refractivity contribution in [2.45, 2.75) is 45.1 Å². The molecule has 138 valence electrons. The summed E-state index contributed by atoms with van der Waals surface area (Å²) in [6.07, 6.45) is 1.27. The summed E-state index contributed by atoms with van der Waals surface area (Å²) in [6.45, 7) is 5.54. The van der Waals surface area contributed by atoms with Gasteiger partial charge in [-0.15, -0.1) is 0 Å². The molecule has 1 unspecified atom stereocenters. The van der Waals surface area contributed by atoms with Crippen molar-refractivity contribution in [2.24, 2.45) is 5.92 Å². The van der Waals surface area contributed by atoms with Gasteiger partial charge in [0.05, 0.1) is 6.10 Å². The lowest BCUT2D eigenvalue weighted by Gasteiger charge is -2.28. The fourth-order valence-electron chi connectivity index (χ4n) is 3.26. The molecule has 1 amide bonds. The monoisotopic (exact) mass is 357 g/mol. The van der Waals surface area contributed by atoms with Crippen molar-refractivity contribution in [3.8, 4) is 0 Å². The normalized spacial score (nSPS) is 28.1. The lowest BCUT2D eigenvalue weighted by atomic mass is 9.87. The Balaban J connectivity index is 1.82. The Morgan fingerprint density at radius 2 is 2.04 bits per heavy atom. The van der Waals surface area contributed by atoms with Crippen LogP contribution in [0.15, 0.2) is 47.4 Å². The third-order valence-corrected chi connectivity index (χ3v) is 5.05. The number of amides is 1. The minimum absolute atomic E-state index is 0.123. The van der Waals surface area contributed by atoms with Gasteiger partial charge in [0, 0.05) is 17.7 Å². The highest BCUT2D eigenvalue weighted by atomic mass is 16.5. The van der Waals surface area contributed by atoms with Crippen LogP contribution in [0.2, 0.25) is 0 Å². The van der Waals surface area contributed by atoms with E-state index in [1.165, 1.54) is 16.8 Å². The van der Waals surface area contributed by atoms with Crippen LogP contribution in [0, 0.1) is 5.92 Å². The van der Waals surface area contributed by atoms with Gasteiger partial charge in [-0.1, -0.05) is 32.0 Å². The number of carbonyl (C=O) groups excluding carboxylic acids is 1. The minimum atomic E-state index is -1.19. The Bertz CT molecular complexity index is 847. The van der Waals surface area contributed by atoms with Gasteiger partial charge < -0.3 is 15.2 Å². The van der Waals surface area contributed by atoms with E-state index in [4.69, 9.17) is 4.74 Å². The van der Waals surface area contributed by atoms with Crippen LogP contribution in [-0.4, -0.2) is 32.3 Å². The summed E-state index contributed by atoms with van der Waals surface area (Å²) in [5.74, 6) is -0.321. The first-order chi connectivity index (χ1) is 12.3. The Labute approximate surface area is 151 Å². The smallest absolute Gasteiger partial charge is 0.351 e. The first kappa shape index (κ1) is 18.3. The third kappa shape index (κ3) is 3.27. The van der Waals surface area contributed by atoms with Crippen LogP contribution in [0.1, 0.15) is 43.8 Å². The summed E-state index contributed by atoms with van der Waals surface area (Å²) in [6, 6.07) is 10.2. The van der Waals surface area contributed by atoms with Crippen LogP contribution in [-0.2, 0) is 4.74 Å². The number of nitrogens with one attached hydrogen (secondary N) is 1. The molecule has 0 saturated carbocycles. The quantitative estimate of drug-likeness (QED) is 0.875. The van der Waals surface area contributed by atoms with E-state index in [9.17, 15) is 14.7 Å². The topological polar surface area (TPSA) is 93.5 Å². The second-order valence-corrected chi connectivity index (χ2v) is 6.77. The minimum Gasteiger partial charge on any atom is -0.385 e. The SMILES string of the molecule is CC[C@H]1O[C@@H](n2ccc(NC(=O)c3ccccc3)nc2=O)[C@@](C)(O)C1C. The number of anilines is 1. The molecule has 1 aromatic carbocycles. The zero-order chi connectivity index (χ0) is 18.9. The highest BCUT2D eigenvalue weighted by Crippen LogP contribution is 2.42. The number of hydrogen-bond donors (Lipinski definition) is 2. The summed E-state index contributed by atoms with van der Waals surface area (Å²) in [4.78, 5) is 28.5. The van der Waals surface area contributed by atoms with Crippen molar-refractivity contribution in [3.63, 3.8) is 0 Å². The number of hydrogen-bond acceptors (Lipinski definition) is 5. The fourth-order valence-corrected chi connectivity index (χ4v) is 3.26. The van der Waals surface area contributed by atoms with Crippen LogP contribution >= 0.6 is 0 Å². The van der Waals surface area contributed by atoms with E-state index in [0.29, 0.717) is 5.56 Å². The summed E-state index contributed by atoms with van der Waals surface area (Å²) < 4.78 is 7.15. The van der Waals surface area contributed by atoms with Gasteiger partial charge in [0.1, 0.15) is 11.4 Å². The fraction of sp³-hybridized carbons (Fsp3) is 0.421. The first-order valence-electron chi connectivity index (χ1n) is 8.68. The largest absolute Gasteiger partial charge is 0.385 e. The second-order valence-electron chi connectivity index (χ2n) is 6.77. The molecule has 1 aliphatic heterocycles. The standard InChI is InChI=1S/C19H23N3O4/c1-4-14-12(2)19(3,25)17(26-14)22-11-10-15(21-18(22)24)20-16(23)13-8-6-5-7-9-13/h5-12,14,17,25H,4H2,1-3H3,(H,20,21,23,24)/t12?,14-,17-,19+/m1/s1. The maximum atomic E-state index is 12.4. The Morgan fingerprint density at radius 3 is 2.62 bits per heavy atom. The molecule has 2 aromatic rings. The average Bonchev–Trinajstić information content (AvgIpc) is 2.85. The molecule has 4 atom stereocenters. The van der Waals surface area contributed by atoms with Gasteiger partial charge in [-0.2, -0.15) is 4.98 Å². The molecular formula is C19H23N3O4. The van der Waals surface area contributed by atoms with Crippen LogP contribution in [0.3, 0.4) is 0 Å². The van der Waals surface area contributed by atoms with E-state index < -0.39 is 17.5 Å². The van der Waals surface area contributed by atoms with Gasteiger partial charge in [0.2, 0.25) is 0 Å². The van der Waals surface area contributed by atoms with Crippen LogP contribution < -0.4 is 11.0 Å². The van der Waals surface area contributed by atoms with Gasteiger partial charge in [-0.05, 0) is 31.5 Å². The molecule has 3 rings (SSSR count). The summed E-state index contributed by atoms with van der Waals surface area (Å²) in [5, 5.41) is 13.4. The van der Waals surface area contributed by atoms with Crippen LogP contribution in [0.5, 0.6) is 0 Å². The maximum absolute atomic E-state index is 12.4. The average molecular weight is 357 g/mol. The lowest BCUT2D eigenvalue weighted by Crippen LogP contribution is -2.41. The van der Waals surface area contributed by atoms with Crippen molar-refractivity contribution >= 4 is 11.7 Å².